The monoisotopic (exact) mass is 541 g/mol. The number of aromatic nitrogens is 1. The topological polar surface area (TPSA) is 85.9 Å². The average molecular weight is 542 g/mol. The molecular formula is C33H39N3O4. The summed E-state index contributed by atoms with van der Waals surface area (Å²) in [6.07, 6.45) is 8.60. The number of carbonyl (C=O) groups excluding carboxylic acids is 2. The molecule has 40 heavy (non-hydrogen) atoms. The Morgan fingerprint density at radius 2 is 1.65 bits per heavy atom. The molecule has 4 aliphatic carbocycles. The SMILES string of the molecule is O=C1[C@@H](Cc2c[nH]c3ccccc23)N(C(=O)OC2C3CC4CC(C3)CC2C4)CCN1[C@H](CO)Cc1ccccc1. The van der Waals surface area contributed by atoms with Crippen LogP contribution in [-0.2, 0) is 22.4 Å². The van der Waals surface area contributed by atoms with Crippen molar-refractivity contribution >= 4 is 22.9 Å². The molecular weight excluding hydrogens is 502 g/mol. The molecule has 8 rings (SSSR count). The summed E-state index contributed by atoms with van der Waals surface area (Å²) in [5.74, 6) is 2.42. The highest BCUT2D eigenvalue weighted by Crippen LogP contribution is 2.54. The number of aliphatic hydroxyl groups is 1. The molecule has 2 atom stereocenters. The number of para-hydroxylation sites is 1. The number of hydrogen-bond donors (Lipinski definition) is 2. The van der Waals surface area contributed by atoms with Crippen molar-refractivity contribution in [1.29, 1.82) is 0 Å². The largest absolute Gasteiger partial charge is 0.445 e. The Bertz CT molecular complexity index is 1340. The van der Waals surface area contributed by atoms with E-state index in [1.54, 1.807) is 9.80 Å². The standard InChI is InChI=1S/C33H39N3O4/c37-20-27(17-21-6-2-1-3-7-21)35-10-11-36(30(32(35)38)18-26-19-34-29-9-5-4-8-28(26)29)33(39)40-31-24-13-22-12-23(15-24)16-25(31)14-22/h1-9,19,22-25,27,30-31,34,37H,10-18,20H2/t22?,23?,24?,25?,27-,30+,31?/m0/s1. The molecule has 4 bridgehead atoms. The molecule has 5 aliphatic rings. The van der Waals surface area contributed by atoms with Gasteiger partial charge in [-0.05, 0) is 79.4 Å². The van der Waals surface area contributed by atoms with Crippen molar-refractivity contribution in [2.45, 2.75) is 63.1 Å². The number of hydrogen-bond acceptors (Lipinski definition) is 4. The van der Waals surface area contributed by atoms with Gasteiger partial charge in [-0.15, -0.1) is 0 Å². The quantitative estimate of drug-likeness (QED) is 0.451. The van der Waals surface area contributed by atoms with Gasteiger partial charge in [-0.2, -0.15) is 0 Å². The fourth-order valence-corrected chi connectivity index (χ4v) is 8.50. The van der Waals surface area contributed by atoms with Crippen LogP contribution in [0.2, 0.25) is 0 Å². The van der Waals surface area contributed by atoms with Crippen molar-refractivity contribution < 1.29 is 19.4 Å². The van der Waals surface area contributed by atoms with Gasteiger partial charge in [0.1, 0.15) is 12.1 Å². The van der Waals surface area contributed by atoms with Crippen LogP contribution in [0, 0.1) is 23.7 Å². The second kappa shape index (κ2) is 10.6. The second-order valence-electron chi connectivity index (χ2n) is 12.6. The van der Waals surface area contributed by atoms with E-state index < -0.39 is 6.04 Å². The van der Waals surface area contributed by atoms with Gasteiger partial charge in [0.2, 0.25) is 5.91 Å². The summed E-state index contributed by atoms with van der Waals surface area (Å²) in [7, 11) is 0. The van der Waals surface area contributed by atoms with E-state index in [2.05, 4.69) is 11.1 Å². The summed E-state index contributed by atoms with van der Waals surface area (Å²) in [4.78, 5) is 34.8. The number of piperazine rings is 1. The van der Waals surface area contributed by atoms with Crippen molar-refractivity contribution in [3.63, 3.8) is 0 Å². The van der Waals surface area contributed by atoms with Gasteiger partial charge in [0.25, 0.3) is 0 Å². The fraction of sp³-hybridized carbons (Fsp3) is 0.515. The molecule has 0 spiro atoms. The molecule has 5 fully saturated rings. The molecule has 1 aliphatic heterocycles. The summed E-state index contributed by atoms with van der Waals surface area (Å²) < 4.78 is 6.33. The van der Waals surface area contributed by atoms with E-state index in [0.29, 0.717) is 37.8 Å². The van der Waals surface area contributed by atoms with E-state index in [1.165, 1.54) is 32.1 Å². The summed E-state index contributed by atoms with van der Waals surface area (Å²) in [5, 5.41) is 11.4. The van der Waals surface area contributed by atoms with Crippen LogP contribution < -0.4 is 0 Å². The van der Waals surface area contributed by atoms with Crippen LogP contribution >= 0.6 is 0 Å². The number of aromatic amines is 1. The maximum Gasteiger partial charge on any atom is 0.410 e. The zero-order valence-electron chi connectivity index (χ0n) is 23.0. The minimum atomic E-state index is -0.679. The molecule has 210 valence electrons. The van der Waals surface area contributed by atoms with Gasteiger partial charge < -0.3 is 19.7 Å². The lowest BCUT2D eigenvalue weighted by molar-refractivity contribution is -0.147. The van der Waals surface area contributed by atoms with Gasteiger partial charge in [-0.25, -0.2) is 4.79 Å². The maximum absolute atomic E-state index is 14.2. The normalized spacial score (nSPS) is 30.2. The lowest BCUT2D eigenvalue weighted by atomic mass is 9.55. The second-order valence-corrected chi connectivity index (χ2v) is 12.6. The molecule has 1 saturated heterocycles. The lowest BCUT2D eigenvalue weighted by Crippen LogP contribution is -2.63. The third-order valence-corrected chi connectivity index (χ3v) is 10.2. The summed E-state index contributed by atoms with van der Waals surface area (Å²) >= 11 is 0. The highest BCUT2D eigenvalue weighted by Gasteiger charge is 2.51. The Morgan fingerprint density at radius 1 is 0.950 bits per heavy atom. The average Bonchev–Trinajstić information content (AvgIpc) is 3.38. The first-order valence-corrected chi connectivity index (χ1v) is 15.0. The van der Waals surface area contributed by atoms with Gasteiger partial charge in [0, 0.05) is 36.6 Å². The summed E-state index contributed by atoms with van der Waals surface area (Å²) in [6.45, 7) is 0.660. The Balaban J connectivity index is 1.14. The molecule has 2 aromatic carbocycles. The predicted molar refractivity (Wildman–Crippen MR) is 153 cm³/mol. The number of nitrogens with zero attached hydrogens (tertiary/aromatic N) is 2. The summed E-state index contributed by atoms with van der Waals surface area (Å²) in [5.41, 5.74) is 3.09. The molecule has 2 amide bonds. The fourth-order valence-electron chi connectivity index (χ4n) is 8.50. The van der Waals surface area contributed by atoms with E-state index in [-0.39, 0.29) is 30.8 Å². The van der Waals surface area contributed by atoms with E-state index in [9.17, 15) is 14.7 Å². The summed E-state index contributed by atoms with van der Waals surface area (Å²) in [6, 6.07) is 17.0. The Morgan fingerprint density at radius 3 is 2.38 bits per heavy atom. The highest BCUT2D eigenvalue weighted by molar-refractivity contribution is 5.89. The molecule has 4 saturated carbocycles. The van der Waals surface area contributed by atoms with Gasteiger partial charge in [0.05, 0.1) is 12.6 Å². The number of H-pyrrole nitrogens is 1. The van der Waals surface area contributed by atoms with Crippen LogP contribution in [0.3, 0.4) is 0 Å². The highest BCUT2D eigenvalue weighted by atomic mass is 16.6. The molecule has 2 N–H and O–H groups in total. The van der Waals surface area contributed by atoms with E-state index in [0.717, 1.165) is 33.9 Å². The van der Waals surface area contributed by atoms with Crippen LogP contribution in [0.25, 0.3) is 10.9 Å². The van der Waals surface area contributed by atoms with Crippen LogP contribution in [0.15, 0.2) is 60.8 Å². The van der Waals surface area contributed by atoms with Gasteiger partial charge >= 0.3 is 6.09 Å². The van der Waals surface area contributed by atoms with Crippen LogP contribution in [0.4, 0.5) is 4.79 Å². The zero-order valence-corrected chi connectivity index (χ0v) is 23.0. The van der Waals surface area contributed by atoms with Crippen molar-refractivity contribution in [2.24, 2.45) is 23.7 Å². The minimum absolute atomic E-state index is 0.0227. The van der Waals surface area contributed by atoms with Crippen molar-refractivity contribution in [2.75, 3.05) is 19.7 Å². The van der Waals surface area contributed by atoms with Crippen LogP contribution in [-0.4, -0.2) is 69.8 Å². The number of rotatable bonds is 7. The molecule has 7 nitrogen and oxygen atoms in total. The van der Waals surface area contributed by atoms with E-state index >= 15 is 0 Å². The number of nitrogens with one attached hydrogen (secondary N) is 1. The first-order chi connectivity index (χ1) is 19.6. The molecule has 0 radical (unpaired) electrons. The molecule has 0 unspecified atom stereocenters. The van der Waals surface area contributed by atoms with Crippen molar-refractivity contribution in [1.82, 2.24) is 14.8 Å². The molecule has 2 heterocycles. The number of aliphatic hydroxyl groups excluding tert-OH is 1. The number of ether oxygens (including phenoxy) is 1. The molecule has 7 heteroatoms. The first-order valence-electron chi connectivity index (χ1n) is 15.0. The van der Waals surface area contributed by atoms with Crippen LogP contribution in [0.1, 0.15) is 43.2 Å². The molecule has 3 aromatic rings. The number of carbonyl (C=O) groups is 2. The van der Waals surface area contributed by atoms with Crippen molar-refractivity contribution in [3.05, 3.63) is 71.9 Å². The third kappa shape index (κ3) is 4.68. The number of fused-ring (bicyclic) bond motifs is 1. The number of amides is 2. The zero-order chi connectivity index (χ0) is 27.2. The van der Waals surface area contributed by atoms with E-state index in [1.807, 2.05) is 54.7 Å². The van der Waals surface area contributed by atoms with Gasteiger partial charge in [-0.1, -0.05) is 48.5 Å². The Hall–Kier alpha value is -3.32. The minimum Gasteiger partial charge on any atom is -0.445 e. The first kappa shape index (κ1) is 25.6. The lowest BCUT2D eigenvalue weighted by Gasteiger charge is -2.54. The third-order valence-electron chi connectivity index (χ3n) is 10.2. The molecule has 1 aromatic heterocycles. The Kier molecular flexibility index (Phi) is 6.78. The van der Waals surface area contributed by atoms with Crippen LogP contribution in [0.5, 0.6) is 0 Å². The van der Waals surface area contributed by atoms with Gasteiger partial charge in [-0.3, -0.25) is 9.69 Å². The predicted octanol–water partition coefficient (Wildman–Crippen LogP) is 4.79. The van der Waals surface area contributed by atoms with E-state index in [4.69, 9.17) is 4.74 Å². The maximum atomic E-state index is 14.2. The van der Waals surface area contributed by atoms with Crippen molar-refractivity contribution in [3.8, 4) is 0 Å². The Labute approximate surface area is 235 Å². The smallest absolute Gasteiger partial charge is 0.410 e. The van der Waals surface area contributed by atoms with Gasteiger partial charge in [0.15, 0.2) is 0 Å². The number of benzene rings is 2.